The lowest BCUT2D eigenvalue weighted by molar-refractivity contribution is -0.117. The minimum Gasteiger partial charge on any atom is -0.335 e. The van der Waals surface area contributed by atoms with E-state index in [0.29, 0.717) is 18.2 Å². The molecule has 5 nitrogen and oxygen atoms in total. The molecule has 0 bridgehead atoms. The molecule has 24 heavy (non-hydrogen) atoms. The molecule has 6 heteroatoms. The van der Waals surface area contributed by atoms with Gasteiger partial charge in [0.2, 0.25) is 5.91 Å². The highest BCUT2D eigenvalue weighted by atomic mass is 19.1. The maximum absolute atomic E-state index is 13.3. The molecule has 2 N–H and O–H groups in total. The Bertz CT molecular complexity index is 622. The third kappa shape index (κ3) is 3.86. The Morgan fingerprint density at radius 3 is 2.79 bits per heavy atom. The Kier molecular flexibility index (Phi) is 5.02. The zero-order valence-electron chi connectivity index (χ0n) is 13.9. The third-order valence-electron chi connectivity index (χ3n) is 5.01. The molecule has 3 rings (SSSR count). The van der Waals surface area contributed by atoms with Gasteiger partial charge in [-0.2, -0.15) is 0 Å². The van der Waals surface area contributed by atoms with Gasteiger partial charge < -0.3 is 15.5 Å². The van der Waals surface area contributed by atoms with E-state index in [1.807, 2.05) is 0 Å². The summed E-state index contributed by atoms with van der Waals surface area (Å²) in [5.41, 5.74) is 0.533. The number of rotatable bonds is 3. The number of carbonyl (C=O) groups is 2. The van der Waals surface area contributed by atoms with E-state index in [1.54, 1.807) is 12.1 Å². The second kappa shape index (κ2) is 7.20. The van der Waals surface area contributed by atoms with Gasteiger partial charge in [-0.3, -0.25) is 4.79 Å². The van der Waals surface area contributed by atoms with Crippen LogP contribution in [0.25, 0.3) is 0 Å². The third-order valence-corrected chi connectivity index (χ3v) is 5.01. The Balaban J connectivity index is 1.55. The molecule has 0 radical (unpaired) electrons. The van der Waals surface area contributed by atoms with Gasteiger partial charge in [0, 0.05) is 24.7 Å². The SMILES string of the molecule is C[C@@H]1CCCC[C@@H]1NC(=O)N[C@@H]1CC(=O)N(c2cccc(F)c2)C1. The van der Waals surface area contributed by atoms with Crippen LogP contribution in [-0.4, -0.2) is 30.6 Å². The molecule has 1 aliphatic carbocycles. The normalized spacial score (nSPS) is 27.2. The minimum absolute atomic E-state index is 0.100. The van der Waals surface area contributed by atoms with Crippen molar-refractivity contribution in [1.29, 1.82) is 0 Å². The van der Waals surface area contributed by atoms with E-state index in [9.17, 15) is 14.0 Å². The van der Waals surface area contributed by atoms with E-state index < -0.39 is 0 Å². The summed E-state index contributed by atoms with van der Waals surface area (Å²) in [6, 6.07) is 5.70. The molecule has 0 spiro atoms. The van der Waals surface area contributed by atoms with Crippen LogP contribution in [0.4, 0.5) is 14.9 Å². The van der Waals surface area contributed by atoms with Gasteiger partial charge in [0.1, 0.15) is 5.82 Å². The fraction of sp³-hybridized carbons (Fsp3) is 0.556. The van der Waals surface area contributed by atoms with Crippen molar-refractivity contribution < 1.29 is 14.0 Å². The molecule has 1 aromatic carbocycles. The summed E-state index contributed by atoms with van der Waals surface area (Å²) in [7, 11) is 0. The second-order valence-corrected chi connectivity index (χ2v) is 6.87. The molecule has 0 unspecified atom stereocenters. The van der Waals surface area contributed by atoms with Gasteiger partial charge in [-0.25, -0.2) is 9.18 Å². The summed E-state index contributed by atoms with van der Waals surface area (Å²) in [6.07, 6.45) is 4.75. The standard InChI is InChI=1S/C18H24FN3O2/c1-12-5-2-3-8-16(12)21-18(24)20-14-10-17(23)22(11-14)15-7-4-6-13(19)9-15/h4,6-7,9,12,14,16H,2-3,5,8,10-11H2,1H3,(H2,20,21,24)/t12-,14-,16+/m1/s1. The Morgan fingerprint density at radius 2 is 2.04 bits per heavy atom. The van der Waals surface area contributed by atoms with Crippen LogP contribution in [0.5, 0.6) is 0 Å². The van der Waals surface area contributed by atoms with Crippen LogP contribution in [-0.2, 0) is 4.79 Å². The van der Waals surface area contributed by atoms with Crippen molar-refractivity contribution in [2.24, 2.45) is 5.92 Å². The molecule has 2 aliphatic rings. The number of urea groups is 1. The first-order chi connectivity index (χ1) is 11.5. The first-order valence-electron chi connectivity index (χ1n) is 8.66. The maximum atomic E-state index is 13.3. The predicted molar refractivity (Wildman–Crippen MR) is 90.2 cm³/mol. The molecule has 130 valence electrons. The highest BCUT2D eigenvalue weighted by Gasteiger charge is 2.32. The van der Waals surface area contributed by atoms with Gasteiger partial charge in [-0.15, -0.1) is 0 Å². The van der Waals surface area contributed by atoms with Crippen molar-refractivity contribution in [1.82, 2.24) is 10.6 Å². The number of hydrogen-bond acceptors (Lipinski definition) is 2. The lowest BCUT2D eigenvalue weighted by Crippen LogP contribution is -2.49. The smallest absolute Gasteiger partial charge is 0.315 e. The fourth-order valence-electron chi connectivity index (χ4n) is 3.62. The van der Waals surface area contributed by atoms with Crippen LogP contribution in [0.15, 0.2) is 24.3 Å². The summed E-state index contributed by atoms with van der Waals surface area (Å²) in [5.74, 6) is 0.0103. The quantitative estimate of drug-likeness (QED) is 0.893. The summed E-state index contributed by atoms with van der Waals surface area (Å²) in [4.78, 5) is 25.9. The predicted octanol–water partition coefficient (Wildman–Crippen LogP) is 2.81. The molecule has 1 aromatic rings. The summed E-state index contributed by atoms with van der Waals surface area (Å²) >= 11 is 0. The number of anilines is 1. The maximum Gasteiger partial charge on any atom is 0.315 e. The highest BCUT2D eigenvalue weighted by molar-refractivity contribution is 5.96. The van der Waals surface area contributed by atoms with Crippen LogP contribution < -0.4 is 15.5 Å². The lowest BCUT2D eigenvalue weighted by atomic mass is 9.86. The van der Waals surface area contributed by atoms with Gasteiger partial charge in [0.25, 0.3) is 0 Å². The molecular formula is C18H24FN3O2. The van der Waals surface area contributed by atoms with E-state index in [4.69, 9.17) is 0 Å². The van der Waals surface area contributed by atoms with E-state index in [1.165, 1.54) is 23.5 Å². The first-order valence-corrected chi connectivity index (χ1v) is 8.66. The fourth-order valence-corrected chi connectivity index (χ4v) is 3.62. The molecule has 1 saturated heterocycles. The Labute approximate surface area is 141 Å². The summed E-state index contributed by atoms with van der Waals surface area (Å²) < 4.78 is 13.3. The molecule has 2 fully saturated rings. The van der Waals surface area contributed by atoms with E-state index in [-0.39, 0.29) is 36.3 Å². The lowest BCUT2D eigenvalue weighted by Gasteiger charge is -2.30. The monoisotopic (exact) mass is 333 g/mol. The van der Waals surface area contributed by atoms with Gasteiger partial charge in [-0.05, 0) is 37.0 Å². The van der Waals surface area contributed by atoms with Gasteiger partial charge in [-0.1, -0.05) is 25.8 Å². The topological polar surface area (TPSA) is 61.4 Å². The van der Waals surface area contributed by atoms with Gasteiger partial charge >= 0.3 is 6.03 Å². The van der Waals surface area contributed by atoms with Crippen LogP contribution in [0.1, 0.15) is 39.0 Å². The number of nitrogens with zero attached hydrogens (tertiary/aromatic N) is 1. The zero-order chi connectivity index (χ0) is 17.1. The van der Waals surface area contributed by atoms with Crippen molar-refractivity contribution in [3.05, 3.63) is 30.1 Å². The zero-order valence-corrected chi connectivity index (χ0v) is 13.9. The molecule has 3 atom stereocenters. The number of nitrogens with one attached hydrogen (secondary N) is 2. The Hall–Kier alpha value is -2.11. The number of hydrogen-bond donors (Lipinski definition) is 2. The van der Waals surface area contributed by atoms with Crippen molar-refractivity contribution in [3.63, 3.8) is 0 Å². The van der Waals surface area contributed by atoms with Gasteiger partial charge in [0.05, 0.1) is 6.04 Å². The van der Waals surface area contributed by atoms with Crippen molar-refractivity contribution in [2.75, 3.05) is 11.4 Å². The van der Waals surface area contributed by atoms with Crippen LogP contribution in [0.2, 0.25) is 0 Å². The largest absolute Gasteiger partial charge is 0.335 e. The van der Waals surface area contributed by atoms with E-state index in [2.05, 4.69) is 17.6 Å². The van der Waals surface area contributed by atoms with Crippen LogP contribution >= 0.6 is 0 Å². The highest BCUT2D eigenvalue weighted by Crippen LogP contribution is 2.24. The Morgan fingerprint density at radius 1 is 1.25 bits per heavy atom. The second-order valence-electron chi connectivity index (χ2n) is 6.87. The molecule has 1 heterocycles. The van der Waals surface area contributed by atoms with Crippen molar-refractivity contribution in [3.8, 4) is 0 Å². The molecular weight excluding hydrogens is 309 g/mol. The van der Waals surface area contributed by atoms with E-state index >= 15 is 0 Å². The minimum atomic E-state index is -0.374. The average Bonchev–Trinajstić information content (AvgIpc) is 2.90. The molecule has 1 aliphatic heterocycles. The van der Waals surface area contributed by atoms with Gasteiger partial charge in [0.15, 0.2) is 0 Å². The molecule has 0 aromatic heterocycles. The number of halogens is 1. The van der Waals surface area contributed by atoms with Crippen molar-refractivity contribution >= 4 is 17.6 Å². The molecule has 1 saturated carbocycles. The average molecular weight is 333 g/mol. The first kappa shape index (κ1) is 16.7. The van der Waals surface area contributed by atoms with Crippen molar-refractivity contribution in [2.45, 2.75) is 51.1 Å². The number of carbonyl (C=O) groups excluding carboxylic acids is 2. The number of amides is 3. The summed E-state index contributed by atoms with van der Waals surface area (Å²) in [6.45, 7) is 2.53. The van der Waals surface area contributed by atoms with Crippen LogP contribution in [0.3, 0.4) is 0 Å². The summed E-state index contributed by atoms with van der Waals surface area (Å²) in [5, 5.41) is 5.92. The number of benzene rings is 1. The van der Waals surface area contributed by atoms with E-state index in [0.717, 1.165) is 19.3 Å². The van der Waals surface area contributed by atoms with Crippen LogP contribution in [0, 0.1) is 11.7 Å². The molecule has 3 amide bonds.